The van der Waals surface area contributed by atoms with E-state index < -0.39 is 17.7 Å². The van der Waals surface area contributed by atoms with Crippen LogP contribution in [0, 0.1) is 17.5 Å². The van der Waals surface area contributed by atoms with E-state index in [-0.39, 0.29) is 12.2 Å². The molecule has 1 nitrogen and oxygen atoms in total. The number of nitrogens with two attached hydrogens (primary N) is 1. The second-order valence-corrected chi connectivity index (χ2v) is 4.14. The molecule has 2 aromatic carbocycles. The molecule has 2 aromatic rings. The first kappa shape index (κ1) is 12.6. The maximum Gasteiger partial charge on any atom is 0.126 e. The first-order chi connectivity index (χ1) is 8.54. The van der Waals surface area contributed by atoms with Crippen molar-refractivity contribution in [1.82, 2.24) is 0 Å². The summed E-state index contributed by atoms with van der Waals surface area (Å²) >= 11 is 0. The van der Waals surface area contributed by atoms with E-state index in [0.29, 0.717) is 11.1 Å². The quantitative estimate of drug-likeness (QED) is 0.889. The number of hydrogen-bond acceptors (Lipinski definition) is 1. The maximum absolute atomic E-state index is 13.0. The molecule has 0 heterocycles. The largest absolute Gasteiger partial charge is 0.324 e. The summed E-state index contributed by atoms with van der Waals surface area (Å²) in [4.78, 5) is 0. The van der Waals surface area contributed by atoms with Crippen LogP contribution in [0.2, 0.25) is 0 Å². The molecule has 0 bridgehead atoms. The van der Waals surface area contributed by atoms with Gasteiger partial charge in [0.05, 0.1) is 0 Å². The minimum absolute atomic E-state index is 0.248. The molecule has 2 N–H and O–H groups in total. The van der Waals surface area contributed by atoms with Gasteiger partial charge < -0.3 is 5.73 Å². The Morgan fingerprint density at radius 1 is 0.889 bits per heavy atom. The molecule has 0 spiro atoms. The molecule has 0 saturated carbocycles. The average Bonchev–Trinajstić information content (AvgIpc) is 2.27. The minimum atomic E-state index is -0.642. The van der Waals surface area contributed by atoms with Crippen LogP contribution in [0.1, 0.15) is 17.2 Å². The molecule has 1 unspecified atom stereocenters. The molecule has 1 atom stereocenters. The van der Waals surface area contributed by atoms with Crippen molar-refractivity contribution < 1.29 is 13.2 Å². The van der Waals surface area contributed by atoms with Crippen molar-refractivity contribution in [2.75, 3.05) is 0 Å². The van der Waals surface area contributed by atoms with Gasteiger partial charge in [-0.2, -0.15) is 0 Å². The fourth-order valence-corrected chi connectivity index (χ4v) is 1.84. The number of benzene rings is 2. The molecule has 18 heavy (non-hydrogen) atoms. The van der Waals surface area contributed by atoms with Crippen LogP contribution in [0.4, 0.5) is 13.2 Å². The topological polar surface area (TPSA) is 26.0 Å². The van der Waals surface area contributed by atoms with E-state index in [1.165, 1.54) is 24.3 Å². The van der Waals surface area contributed by atoms with Gasteiger partial charge in [0.2, 0.25) is 0 Å². The smallest absolute Gasteiger partial charge is 0.126 e. The van der Waals surface area contributed by atoms with Crippen LogP contribution >= 0.6 is 0 Å². The Kier molecular flexibility index (Phi) is 3.67. The van der Waals surface area contributed by atoms with E-state index in [1.807, 2.05) is 0 Å². The van der Waals surface area contributed by atoms with Crippen LogP contribution in [-0.4, -0.2) is 0 Å². The normalized spacial score (nSPS) is 12.4. The lowest BCUT2D eigenvalue weighted by molar-refractivity contribution is 0.575. The van der Waals surface area contributed by atoms with E-state index in [0.717, 1.165) is 6.07 Å². The summed E-state index contributed by atoms with van der Waals surface area (Å²) in [7, 11) is 0. The maximum atomic E-state index is 13.0. The van der Waals surface area contributed by atoms with Gasteiger partial charge in [0.1, 0.15) is 17.5 Å². The van der Waals surface area contributed by atoms with Gasteiger partial charge in [-0.15, -0.1) is 0 Å². The van der Waals surface area contributed by atoms with Gasteiger partial charge in [-0.25, -0.2) is 13.2 Å². The Morgan fingerprint density at radius 2 is 1.56 bits per heavy atom. The van der Waals surface area contributed by atoms with E-state index in [4.69, 9.17) is 5.73 Å². The van der Waals surface area contributed by atoms with Crippen molar-refractivity contribution >= 4 is 0 Å². The second-order valence-electron chi connectivity index (χ2n) is 4.14. The van der Waals surface area contributed by atoms with Crippen LogP contribution < -0.4 is 5.73 Å². The van der Waals surface area contributed by atoms with Crippen molar-refractivity contribution in [2.24, 2.45) is 5.73 Å². The third kappa shape index (κ3) is 3.11. The highest BCUT2D eigenvalue weighted by Crippen LogP contribution is 2.18. The molecule has 0 saturated heterocycles. The molecular weight excluding hydrogens is 239 g/mol. The molecule has 0 fully saturated rings. The number of halogens is 3. The van der Waals surface area contributed by atoms with Crippen molar-refractivity contribution in [2.45, 2.75) is 12.5 Å². The SMILES string of the molecule is NC(Cc1cc(F)cc(F)c1)c1cccc(F)c1. The lowest BCUT2D eigenvalue weighted by atomic mass is 9.99. The third-order valence-electron chi connectivity index (χ3n) is 2.65. The van der Waals surface area contributed by atoms with Gasteiger partial charge in [-0.1, -0.05) is 12.1 Å². The Morgan fingerprint density at radius 3 is 2.17 bits per heavy atom. The first-order valence-corrected chi connectivity index (χ1v) is 5.50. The first-order valence-electron chi connectivity index (χ1n) is 5.50. The van der Waals surface area contributed by atoms with Crippen LogP contribution in [0.15, 0.2) is 42.5 Å². The average molecular weight is 251 g/mol. The summed E-state index contributed by atoms with van der Waals surface area (Å²) in [5.74, 6) is -1.67. The summed E-state index contributed by atoms with van der Waals surface area (Å²) in [5, 5.41) is 0. The van der Waals surface area contributed by atoms with Gasteiger partial charge >= 0.3 is 0 Å². The Hall–Kier alpha value is -1.81. The molecule has 0 aromatic heterocycles. The van der Waals surface area contributed by atoms with E-state index in [2.05, 4.69) is 0 Å². The lowest BCUT2D eigenvalue weighted by Crippen LogP contribution is -2.13. The number of rotatable bonds is 3. The van der Waals surface area contributed by atoms with Crippen LogP contribution in [-0.2, 0) is 6.42 Å². The zero-order chi connectivity index (χ0) is 13.1. The van der Waals surface area contributed by atoms with Gasteiger partial charge in [0.15, 0.2) is 0 Å². The van der Waals surface area contributed by atoms with Crippen molar-refractivity contribution in [3.05, 3.63) is 71.0 Å². The molecule has 0 aliphatic carbocycles. The standard InChI is InChI=1S/C14H12F3N/c15-11-3-1-2-10(7-11)14(18)6-9-4-12(16)8-13(17)5-9/h1-5,7-8,14H,6,18H2. The lowest BCUT2D eigenvalue weighted by Gasteiger charge is -2.12. The fraction of sp³-hybridized carbons (Fsp3) is 0.143. The predicted molar refractivity (Wildman–Crippen MR) is 63.4 cm³/mol. The van der Waals surface area contributed by atoms with E-state index in [1.54, 1.807) is 12.1 Å². The Labute approximate surface area is 103 Å². The van der Waals surface area contributed by atoms with Crippen LogP contribution in [0.25, 0.3) is 0 Å². The third-order valence-corrected chi connectivity index (χ3v) is 2.65. The van der Waals surface area contributed by atoms with Gasteiger partial charge in [0.25, 0.3) is 0 Å². The zero-order valence-electron chi connectivity index (χ0n) is 9.54. The molecular formula is C14H12F3N. The Bertz CT molecular complexity index is 534. The van der Waals surface area contributed by atoms with Crippen molar-refractivity contribution in [3.63, 3.8) is 0 Å². The van der Waals surface area contributed by atoms with Gasteiger partial charge in [-0.05, 0) is 41.8 Å². The molecule has 0 amide bonds. The van der Waals surface area contributed by atoms with Gasteiger partial charge in [-0.3, -0.25) is 0 Å². The summed E-state index contributed by atoms with van der Waals surface area (Å²) in [6, 6.07) is 8.63. The minimum Gasteiger partial charge on any atom is -0.324 e. The van der Waals surface area contributed by atoms with Crippen LogP contribution in [0.3, 0.4) is 0 Å². The van der Waals surface area contributed by atoms with Gasteiger partial charge in [0, 0.05) is 12.1 Å². The zero-order valence-corrected chi connectivity index (χ0v) is 9.54. The molecule has 2 rings (SSSR count). The summed E-state index contributed by atoms with van der Waals surface area (Å²) in [6.45, 7) is 0. The summed E-state index contributed by atoms with van der Waals surface area (Å²) in [5.41, 5.74) is 6.93. The highest BCUT2D eigenvalue weighted by Gasteiger charge is 2.09. The summed E-state index contributed by atoms with van der Waals surface area (Å²) < 4.78 is 39.0. The molecule has 94 valence electrons. The highest BCUT2D eigenvalue weighted by atomic mass is 19.1. The highest BCUT2D eigenvalue weighted by molar-refractivity contribution is 5.24. The number of hydrogen-bond donors (Lipinski definition) is 1. The Balaban J connectivity index is 2.18. The molecule has 0 aliphatic heterocycles. The molecule has 0 radical (unpaired) electrons. The summed E-state index contributed by atoms with van der Waals surface area (Å²) in [6.07, 6.45) is 0.248. The van der Waals surface area contributed by atoms with Crippen molar-refractivity contribution in [1.29, 1.82) is 0 Å². The fourth-order valence-electron chi connectivity index (χ4n) is 1.84. The van der Waals surface area contributed by atoms with Crippen LogP contribution in [0.5, 0.6) is 0 Å². The van der Waals surface area contributed by atoms with E-state index >= 15 is 0 Å². The monoisotopic (exact) mass is 251 g/mol. The second kappa shape index (κ2) is 5.23. The molecule has 0 aliphatic rings. The van der Waals surface area contributed by atoms with Crippen molar-refractivity contribution in [3.8, 4) is 0 Å². The molecule has 4 heteroatoms. The van der Waals surface area contributed by atoms with E-state index in [9.17, 15) is 13.2 Å². The predicted octanol–water partition coefficient (Wildman–Crippen LogP) is 3.35.